The Morgan fingerprint density at radius 3 is 2.25 bits per heavy atom. The molecule has 16 heavy (non-hydrogen) atoms. The second kappa shape index (κ2) is 6.17. The highest BCUT2D eigenvalue weighted by atomic mass is 79.9. The van der Waals surface area contributed by atoms with E-state index in [4.69, 9.17) is 4.43 Å². The Kier molecular flexibility index (Phi) is 6.21. The summed E-state index contributed by atoms with van der Waals surface area (Å²) in [6.45, 7) is 11.6. The van der Waals surface area contributed by atoms with E-state index >= 15 is 0 Å². The third kappa shape index (κ3) is 4.97. The molecule has 96 valence electrons. The van der Waals surface area contributed by atoms with Crippen LogP contribution >= 0.6 is 15.9 Å². The van der Waals surface area contributed by atoms with E-state index in [0.29, 0.717) is 13.0 Å². The largest absolute Gasteiger partial charge is 0.468 e. The smallest absolute Gasteiger partial charge is 0.319 e. The van der Waals surface area contributed by atoms with Crippen LogP contribution in [0.4, 0.5) is 0 Å². The van der Waals surface area contributed by atoms with Crippen molar-refractivity contribution >= 4 is 30.2 Å². The van der Waals surface area contributed by atoms with Gasteiger partial charge in [0.25, 0.3) is 0 Å². The fraction of sp³-hybridized carbons (Fsp3) is 0.909. The molecule has 1 atom stereocenters. The van der Waals surface area contributed by atoms with Crippen LogP contribution in [0, 0.1) is 0 Å². The predicted octanol–water partition coefficient (Wildman–Crippen LogP) is 3.33. The maximum Gasteiger partial charge on any atom is 0.319 e. The third-order valence-corrected chi connectivity index (χ3v) is 8.47. The molecule has 0 aromatic carbocycles. The zero-order valence-corrected chi connectivity index (χ0v) is 13.7. The Balaban J connectivity index is 4.04. The van der Waals surface area contributed by atoms with Gasteiger partial charge in [0.1, 0.15) is 4.83 Å². The van der Waals surface area contributed by atoms with Crippen molar-refractivity contribution in [3.63, 3.8) is 0 Å². The number of rotatable bonds is 5. The van der Waals surface area contributed by atoms with Gasteiger partial charge in [-0.15, -0.1) is 0 Å². The summed E-state index contributed by atoms with van der Waals surface area (Å²) in [4.78, 5) is 10.9. The summed E-state index contributed by atoms with van der Waals surface area (Å²) in [7, 11) is -0.296. The summed E-state index contributed by atoms with van der Waals surface area (Å²) in [6, 6.07) is 0. The molecule has 0 aromatic rings. The van der Waals surface area contributed by atoms with Gasteiger partial charge in [0.15, 0.2) is 8.32 Å². The molecule has 0 saturated heterocycles. The van der Waals surface area contributed by atoms with Gasteiger partial charge < -0.3 is 9.16 Å². The lowest BCUT2D eigenvalue weighted by molar-refractivity contribution is -0.140. The molecule has 0 aliphatic rings. The van der Waals surface area contributed by atoms with E-state index in [1.807, 2.05) is 0 Å². The number of ether oxygens (including phenoxy) is 1. The van der Waals surface area contributed by atoms with Crippen LogP contribution in [-0.4, -0.2) is 32.8 Å². The van der Waals surface area contributed by atoms with Crippen molar-refractivity contribution in [3.05, 3.63) is 0 Å². The van der Waals surface area contributed by atoms with Gasteiger partial charge >= 0.3 is 5.97 Å². The maximum absolute atomic E-state index is 11.2. The van der Waals surface area contributed by atoms with Gasteiger partial charge in [-0.05, 0) is 24.6 Å². The molecule has 0 spiro atoms. The third-order valence-electron chi connectivity index (χ3n) is 3.10. The van der Waals surface area contributed by atoms with Gasteiger partial charge in [0.2, 0.25) is 0 Å². The molecule has 0 fully saturated rings. The van der Waals surface area contributed by atoms with Crippen LogP contribution in [0.5, 0.6) is 0 Å². The van der Waals surface area contributed by atoms with Crippen LogP contribution in [0.3, 0.4) is 0 Å². The van der Waals surface area contributed by atoms with Crippen molar-refractivity contribution in [2.75, 3.05) is 13.7 Å². The summed E-state index contributed by atoms with van der Waals surface area (Å²) >= 11 is 3.28. The number of halogens is 1. The molecule has 0 heterocycles. The molecule has 0 bridgehead atoms. The summed E-state index contributed by atoms with van der Waals surface area (Å²) in [5.74, 6) is -0.237. The fourth-order valence-electron chi connectivity index (χ4n) is 0.880. The highest BCUT2D eigenvalue weighted by molar-refractivity contribution is 9.10. The van der Waals surface area contributed by atoms with Gasteiger partial charge in [-0.25, -0.2) is 0 Å². The Hall–Kier alpha value is 0.127. The van der Waals surface area contributed by atoms with E-state index in [9.17, 15) is 4.79 Å². The van der Waals surface area contributed by atoms with Crippen LogP contribution in [0.1, 0.15) is 27.2 Å². The lowest BCUT2D eigenvalue weighted by Gasteiger charge is -2.36. The van der Waals surface area contributed by atoms with Gasteiger partial charge in [0, 0.05) is 6.61 Å². The minimum absolute atomic E-state index is 0.208. The van der Waals surface area contributed by atoms with Crippen LogP contribution < -0.4 is 0 Å². The molecule has 0 aromatic heterocycles. The zero-order valence-electron chi connectivity index (χ0n) is 11.1. The van der Waals surface area contributed by atoms with Gasteiger partial charge in [-0.3, -0.25) is 4.79 Å². The second-order valence-electron chi connectivity index (χ2n) is 5.39. The summed E-state index contributed by atoms with van der Waals surface area (Å²) < 4.78 is 10.6. The Morgan fingerprint density at radius 2 is 1.88 bits per heavy atom. The van der Waals surface area contributed by atoms with Crippen LogP contribution in [-0.2, 0) is 14.0 Å². The molecule has 0 saturated carbocycles. The Labute approximate surface area is 108 Å². The first-order valence-corrected chi connectivity index (χ1v) is 9.30. The molecule has 3 nitrogen and oxygen atoms in total. The quantitative estimate of drug-likeness (QED) is 0.444. The number of hydrogen-bond donors (Lipinski definition) is 0. The van der Waals surface area contributed by atoms with Gasteiger partial charge in [-0.1, -0.05) is 36.7 Å². The summed E-state index contributed by atoms with van der Waals surface area (Å²) in [5.41, 5.74) is 0. The second-order valence-corrected chi connectivity index (χ2v) is 11.3. The fourth-order valence-corrected chi connectivity index (χ4v) is 2.31. The molecule has 0 aliphatic carbocycles. The maximum atomic E-state index is 11.2. The van der Waals surface area contributed by atoms with Crippen molar-refractivity contribution in [3.8, 4) is 0 Å². The average Bonchev–Trinajstić information content (AvgIpc) is 2.14. The normalized spacial score (nSPS) is 14.7. The number of methoxy groups -OCH3 is 1. The van der Waals surface area contributed by atoms with Crippen LogP contribution in [0.15, 0.2) is 0 Å². The van der Waals surface area contributed by atoms with Crippen molar-refractivity contribution < 1.29 is 14.0 Å². The number of esters is 1. The highest BCUT2D eigenvalue weighted by Gasteiger charge is 2.37. The van der Waals surface area contributed by atoms with Crippen molar-refractivity contribution in [1.29, 1.82) is 0 Å². The molecule has 1 unspecified atom stereocenters. The van der Waals surface area contributed by atoms with E-state index in [1.165, 1.54) is 7.11 Å². The number of carbonyl (C=O) groups is 1. The number of carbonyl (C=O) groups excluding carboxylic acids is 1. The Morgan fingerprint density at radius 1 is 1.38 bits per heavy atom. The average molecular weight is 311 g/mol. The number of alkyl halides is 1. The summed E-state index contributed by atoms with van der Waals surface area (Å²) in [6.07, 6.45) is 0.652. The molecule has 5 heteroatoms. The first-order chi connectivity index (χ1) is 7.12. The number of hydrogen-bond acceptors (Lipinski definition) is 3. The first kappa shape index (κ1) is 16.1. The summed E-state index contributed by atoms with van der Waals surface area (Å²) in [5, 5.41) is 0.208. The molecular formula is C11H23BrO3Si. The van der Waals surface area contributed by atoms with Crippen molar-refractivity contribution in [2.24, 2.45) is 0 Å². The van der Waals surface area contributed by atoms with E-state index in [0.717, 1.165) is 0 Å². The van der Waals surface area contributed by atoms with Gasteiger partial charge in [0.05, 0.1) is 7.11 Å². The SMILES string of the molecule is COC(=O)C(Br)CCO[Si](C)(C)C(C)(C)C. The monoisotopic (exact) mass is 310 g/mol. The van der Waals surface area contributed by atoms with E-state index in [1.54, 1.807) is 0 Å². The van der Waals surface area contributed by atoms with Crippen LogP contribution in [0.2, 0.25) is 18.1 Å². The standard InChI is InChI=1S/C11H23BrO3Si/c1-11(2,3)16(5,6)15-8-7-9(12)10(13)14-4/h9H,7-8H2,1-6H3. The van der Waals surface area contributed by atoms with E-state index in [-0.39, 0.29) is 15.8 Å². The van der Waals surface area contributed by atoms with Gasteiger partial charge in [-0.2, -0.15) is 0 Å². The predicted molar refractivity (Wildman–Crippen MR) is 72.5 cm³/mol. The topological polar surface area (TPSA) is 35.5 Å². The van der Waals surface area contributed by atoms with E-state index in [2.05, 4.69) is 54.5 Å². The minimum Gasteiger partial charge on any atom is -0.468 e. The molecule has 0 rings (SSSR count). The Bertz CT molecular complexity index is 236. The van der Waals surface area contributed by atoms with E-state index < -0.39 is 8.32 Å². The van der Waals surface area contributed by atoms with Crippen LogP contribution in [0.25, 0.3) is 0 Å². The molecule has 0 aliphatic heterocycles. The van der Waals surface area contributed by atoms with Crippen molar-refractivity contribution in [1.82, 2.24) is 0 Å². The van der Waals surface area contributed by atoms with Crippen molar-refractivity contribution in [2.45, 2.75) is 50.2 Å². The zero-order chi connectivity index (χ0) is 13.0. The molecule has 0 amide bonds. The lowest BCUT2D eigenvalue weighted by atomic mass is 10.2. The first-order valence-electron chi connectivity index (χ1n) is 5.47. The molecule has 0 N–H and O–H groups in total. The lowest BCUT2D eigenvalue weighted by Crippen LogP contribution is -2.41. The highest BCUT2D eigenvalue weighted by Crippen LogP contribution is 2.36. The molecular weight excluding hydrogens is 288 g/mol. The minimum atomic E-state index is -1.69. The molecule has 0 radical (unpaired) electrons.